The Hall–Kier alpha value is -3.71. The molecular weight excluding hydrogens is 488 g/mol. The van der Waals surface area contributed by atoms with Gasteiger partial charge in [-0.2, -0.15) is 0 Å². The summed E-state index contributed by atoms with van der Waals surface area (Å²) < 4.78 is 5.64. The zero-order valence-corrected chi connectivity index (χ0v) is 22.5. The van der Waals surface area contributed by atoms with Gasteiger partial charge in [0.05, 0.1) is 18.2 Å². The number of pyridine rings is 1. The number of para-hydroxylation sites is 1. The third-order valence-corrected chi connectivity index (χ3v) is 8.47. The molecule has 3 aromatic rings. The molecule has 1 aromatic heterocycles. The summed E-state index contributed by atoms with van der Waals surface area (Å²) in [4.78, 5) is 35.9. The standard InChI is InChI=1S/C32H36N4O3/c1-22-7-5-6-10-27(22)36-21-25-11-12-28(34-30(25)29(32(36)38)23-15-19-39-20-16-23)33-26-13-17-35(18-14-26)31(37)24-8-3-2-4-9-24/h2-12,23,26,29H,13-21H2,1H3,(H,33,34). The smallest absolute Gasteiger partial charge is 0.253 e. The maximum atomic E-state index is 14.0. The van der Waals surface area contributed by atoms with Crippen LogP contribution in [0, 0.1) is 12.8 Å². The van der Waals surface area contributed by atoms with Crippen LogP contribution in [0.1, 0.15) is 58.8 Å². The second-order valence-corrected chi connectivity index (χ2v) is 11.0. The zero-order valence-electron chi connectivity index (χ0n) is 22.5. The van der Waals surface area contributed by atoms with E-state index in [9.17, 15) is 9.59 Å². The molecule has 1 atom stereocenters. The minimum Gasteiger partial charge on any atom is -0.381 e. The summed E-state index contributed by atoms with van der Waals surface area (Å²) in [5.74, 6) is 0.991. The first-order valence-corrected chi connectivity index (χ1v) is 14.1. The lowest BCUT2D eigenvalue weighted by Gasteiger charge is -2.39. The molecule has 0 bridgehead atoms. The molecule has 7 nitrogen and oxygen atoms in total. The van der Waals surface area contributed by atoms with Crippen LogP contribution in [0.15, 0.2) is 66.7 Å². The van der Waals surface area contributed by atoms with E-state index in [1.807, 2.05) is 64.4 Å². The predicted molar refractivity (Wildman–Crippen MR) is 152 cm³/mol. The van der Waals surface area contributed by atoms with Crippen molar-refractivity contribution in [2.75, 3.05) is 36.5 Å². The average molecular weight is 525 g/mol. The summed E-state index contributed by atoms with van der Waals surface area (Å²) >= 11 is 0. The van der Waals surface area contributed by atoms with E-state index >= 15 is 0 Å². The number of benzene rings is 2. The molecule has 2 amide bonds. The zero-order chi connectivity index (χ0) is 26.8. The molecule has 7 heteroatoms. The van der Waals surface area contributed by atoms with E-state index < -0.39 is 0 Å². The molecule has 1 N–H and O–H groups in total. The van der Waals surface area contributed by atoms with E-state index in [2.05, 4.69) is 24.4 Å². The summed E-state index contributed by atoms with van der Waals surface area (Å²) in [6.07, 6.45) is 3.46. The van der Waals surface area contributed by atoms with Gasteiger partial charge in [-0.15, -0.1) is 0 Å². The van der Waals surface area contributed by atoms with Gasteiger partial charge in [0.2, 0.25) is 5.91 Å². The number of anilines is 2. The molecule has 3 aliphatic heterocycles. The van der Waals surface area contributed by atoms with Gasteiger partial charge in [0.15, 0.2) is 0 Å². The van der Waals surface area contributed by atoms with E-state index in [-0.39, 0.29) is 29.7 Å². The van der Waals surface area contributed by atoms with Gasteiger partial charge in [-0.05, 0) is 73.9 Å². The molecule has 2 saturated heterocycles. The quantitative estimate of drug-likeness (QED) is 0.499. The van der Waals surface area contributed by atoms with Crippen LogP contribution in [0.2, 0.25) is 0 Å². The number of fused-ring (bicyclic) bond motifs is 1. The number of nitrogens with one attached hydrogen (secondary N) is 1. The van der Waals surface area contributed by atoms with Gasteiger partial charge in [0, 0.05) is 43.6 Å². The monoisotopic (exact) mass is 524 g/mol. The van der Waals surface area contributed by atoms with Crippen LogP contribution in [-0.2, 0) is 16.1 Å². The molecule has 6 rings (SSSR count). The van der Waals surface area contributed by atoms with Crippen molar-refractivity contribution < 1.29 is 14.3 Å². The van der Waals surface area contributed by atoms with Crippen LogP contribution in [0.25, 0.3) is 0 Å². The minimum absolute atomic E-state index is 0.0944. The lowest BCUT2D eigenvalue weighted by atomic mass is 9.79. The van der Waals surface area contributed by atoms with Gasteiger partial charge in [0.25, 0.3) is 5.91 Å². The summed E-state index contributed by atoms with van der Waals surface area (Å²) in [5, 5.41) is 3.62. The fourth-order valence-electron chi connectivity index (χ4n) is 6.26. The van der Waals surface area contributed by atoms with Crippen LogP contribution >= 0.6 is 0 Å². The highest BCUT2D eigenvalue weighted by Gasteiger charge is 2.41. The van der Waals surface area contributed by atoms with Crippen LogP contribution in [-0.4, -0.2) is 54.0 Å². The van der Waals surface area contributed by atoms with Gasteiger partial charge < -0.3 is 19.9 Å². The summed E-state index contributed by atoms with van der Waals surface area (Å²) in [7, 11) is 0. The first-order chi connectivity index (χ1) is 19.1. The Morgan fingerprint density at radius 2 is 1.64 bits per heavy atom. The molecule has 0 spiro atoms. The molecule has 0 saturated carbocycles. The number of rotatable bonds is 5. The number of aromatic nitrogens is 1. The third kappa shape index (κ3) is 5.28. The molecular formula is C32H36N4O3. The maximum Gasteiger partial charge on any atom is 0.253 e. The van der Waals surface area contributed by atoms with Gasteiger partial charge >= 0.3 is 0 Å². The molecule has 4 heterocycles. The Morgan fingerprint density at radius 3 is 2.38 bits per heavy atom. The highest BCUT2D eigenvalue weighted by atomic mass is 16.5. The van der Waals surface area contributed by atoms with Crippen molar-refractivity contribution in [1.29, 1.82) is 0 Å². The van der Waals surface area contributed by atoms with Crippen LogP contribution in [0.5, 0.6) is 0 Å². The van der Waals surface area contributed by atoms with E-state index in [0.717, 1.165) is 59.6 Å². The number of amides is 2. The van der Waals surface area contributed by atoms with Crippen molar-refractivity contribution in [2.45, 2.75) is 51.1 Å². The molecule has 39 heavy (non-hydrogen) atoms. The van der Waals surface area contributed by atoms with Crippen LogP contribution in [0.4, 0.5) is 11.5 Å². The first kappa shape index (κ1) is 25.6. The van der Waals surface area contributed by atoms with E-state index in [4.69, 9.17) is 9.72 Å². The topological polar surface area (TPSA) is 74.8 Å². The number of hydrogen-bond donors (Lipinski definition) is 1. The number of carbonyl (C=O) groups excluding carboxylic acids is 2. The Bertz CT molecular complexity index is 1330. The third-order valence-electron chi connectivity index (χ3n) is 8.47. The van der Waals surface area contributed by atoms with Crippen molar-refractivity contribution in [3.05, 3.63) is 89.1 Å². The highest BCUT2D eigenvalue weighted by Crippen LogP contribution is 2.41. The molecule has 3 aliphatic rings. The second kappa shape index (κ2) is 11.2. The lowest BCUT2D eigenvalue weighted by Crippen LogP contribution is -2.44. The number of nitrogens with zero attached hydrogens (tertiary/aromatic N) is 3. The van der Waals surface area contributed by atoms with Crippen molar-refractivity contribution in [3.8, 4) is 0 Å². The molecule has 2 aromatic carbocycles. The normalized spacial score (nSPS) is 20.5. The highest BCUT2D eigenvalue weighted by molar-refractivity contribution is 6.00. The van der Waals surface area contributed by atoms with Crippen molar-refractivity contribution in [1.82, 2.24) is 9.88 Å². The van der Waals surface area contributed by atoms with Gasteiger partial charge in [0.1, 0.15) is 5.82 Å². The average Bonchev–Trinajstić information content (AvgIpc) is 2.98. The SMILES string of the molecule is Cc1ccccc1N1Cc2ccc(NC3CCN(C(=O)c4ccccc4)CC3)nc2C(C2CCOCC2)C1=O. The first-order valence-electron chi connectivity index (χ1n) is 14.1. The van der Waals surface area contributed by atoms with Crippen LogP contribution < -0.4 is 10.2 Å². The fourth-order valence-corrected chi connectivity index (χ4v) is 6.26. The molecule has 1 unspecified atom stereocenters. The summed E-state index contributed by atoms with van der Waals surface area (Å²) in [6, 6.07) is 22.0. The maximum absolute atomic E-state index is 14.0. The second-order valence-electron chi connectivity index (χ2n) is 11.0. The number of likely N-dealkylation sites (tertiary alicyclic amines) is 1. The summed E-state index contributed by atoms with van der Waals surface area (Å²) in [5.41, 5.74) is 4.85. The lowest BCUT2D eigenvalue weighted by molar-refractivity contribution is -0.122. The van der Waals surface area contributed by atoms with E-state index in [1.165, 1.54) is 0 Å². The van der Waals surface area contributed by atoms with E-state index in [1.54, 1.807) is 0 Å². The largest absolute Gasteiger partial charge is 0.381 e. The Balaban J connectivity index is 1.20. The van der Waals surface area contributed by atoms with E-state index in [0.29, 0.717) is 32.8 Å². The molecule has 0 radical (unpaired) electrons. The number of hydrogen-bond acceptors (Lipinski definition) is 5. The number of piperidine rings is 1. The Labute approximate surface area is 230 Å². The molecule has 202 valence electrons. The van der Waals surface area contributed by atoms with Gasteiger partial charge in [-0.3, -0.25) is 9.59 Å². The number of carbonyl (C=O) groups is 2. The Kier molecular flexibility index (Phi) is 7.33. The fraction of sp³-hybridized carbons (Fsp3) is 0.406. The molecule has 2 fully saturated rings. The van der Waals surface area contributed by atoms with Crippen molar-refractivity contribution in [3.63, 3.8) is 0 Å². The van der Waals surface area contributed by atoms with Crippen molar-refractivity contribution in [2.24, 2.45) is 5.92 Å². The molecule has 0 aliphatic carbocycles. The predicted octanol–water partition coefficient (Wildman–Crippen LogP) is 5.16. The van der Waals surface area contributed by atoms with Crippen molar-refractivity contribution >= 4 is 23.3 Å². The minimum atomic E-state index is -0.274. The number of aryl methyl sites for hydroxylation is 1. The van der Waals surface area contributed by atoms with Gasteiger partial charge in [-0.1, -0.05) is 42.5 Å². The van der Waals surface area contributed by atoms with Gasteiger partial charge in [-0.25, -0.2) is 4.98 Å². The van der Waals surface area contributed by atoms with Crippen LogP contribution in [0.3, 0.4) is 0 Å². The summed E-state index contributed by atoms with van der Waals surface area (Å²) in [6.45, 7) is 5.39. The Morgan fingerprint density at radius 1 is 0.923 bits per heavy atom. The number of ether oxygens (including phenoxy) is 1.